The van der Waals surface area contributed by atoms with Crippen LogP contribution in [-0.4, -0.2) is 27.8 Å². The van der Waals surface area contributed by atoms with Gasteiger partial charge in [-0.25, -0.2) is 0 Å². The number of carbonyl (C=O) groups is 2. The van der Waals surface area contributed by atoms with Crippen molar-refractivity contribution in [2.24, 2.45) is 0 Å². The van der Waals surface area contributed by atoms with Crippen molar-refractivity contribution in [3.63, 3.8) is 0 Å². The lowest BCUT2D eigenvalue weighted by Gasteiger charge is -2.16. The van der Waals surface area contributed by atoms with E-state index in [1.165, 1.54) is 0 Å². The summed E-state index contributed by atoms with van der Waals surface area (Å²) in [4.78, 5) is 25.6. The Morgan fingerprint density at radius 1 is 1.26 bits per heavy atom. The Hall–Kier alpha value is -2.64. The van der Waals surface area contributed by atoms with Crippen molar-refractivity contribution in [3.05, 3.63) is 70.1 Å². The number of aryl methyl sites for hydroxylation is 1. The first-order chi connectivity index (χ1) is 13.0. The largest absolute Gasteiger partial charge is 0.494 e. The van der Waals surface area contributed by atoms with Crippen LogP contribution in [-0.2, 0) is 4.79 Å². The minimum Gasteiger partial charge on any atom is -0.494 e. The number of nitrogens with one attached hydrogen (secondary N) is 1. The highest BCUT2D eigenvalue weighted by molar-refractivity contribution is 8.26. The van der Waals surface area contributed by atoms with E-state index in [4.69, 9.17) is 17.0 Å². The van der Waals surface area contributed by atoms with Gasteiger partial charge in [0.15, 0.2) is 4.32 Å². The molecule has 0 atom stereocenters. The molecule has 0 bridgehead atoms. The number of thiocarbonyl (C=S) groups is 1. The number of nitrogens with zero attached hydrogens (tertiary/aromatic N) is 1. The maximum absolute atomic E-state index is 12.7. The lowest BCUT2D eigenvalue weighted by atomic mass is 10.1. The molecule has 0 unspecified atom stereocenters. The molecule has 0 aliphatic carbocycles. The normalized spacial score (nSPS) is 15.3. The number of hydrogen-bond donors (Lipinski definition) is 1. The summed E-state index contributed by atoms with van der Waals surface area (Å²) in [5.41, 5.74) is 4.75. The molecule has 2 aromatic carbocycles. The van der Waals surface area contributed by atoms with Gasteiger partial charge in [0.25, 0.3) is 11.8 Å². The highest BCUT2D eigenvalue weighted by Crippen LogP contribution is 2.32. The summed E-state index contributed by atoms with van der Waals surface area (Å²) < 4.78 is 5.76. The molecule has 138 valence electrons. The molecule has 0 saturated carbocycles. The van der Waals surface area contributed by atoms with Gasteiger partial charge in [-0.15, -0.1) is 0 Å². The predicted octanol–water partition coefficient (Wildman–Crippen LogP) is 3.94. The van der Waals surface area contributed by atoms with Gasteiger partial charge in [-0.2, -0.15) is 5.01 Å². The van der Waals surface area contributed by atoms with Crippen molar-refractivity contribution in [1.82, 2.24) is 10.4 Å². The van der Waals surface area contributed by atoms with Crippen molar-refractivity contribution in [1.29, 1.82) is 0 Å². The summed E-state index contributed by atoms with van der Waals surface area (Å²) in [5, 5.41) is 1.12. The first-order valence-corrected chi connectivity index (χ1v) is 9.59. The van der Waals surface area contributed by atoms with Crippen LogP contribution in [0, 0.1) is 6.92 Å². The van der Waals surface area contributed by atoms with E-state index in [2.05, 4.69) is 5.43 Å². The Balaban J connectivity index is 1.78. The SMILES string of the molecule is CCOc1cccc(/C=C2/SC(=S)N(NC(=O)c3ccccc3C)C2=O)c1. The summed E-state index contributed by atoms with van der Waals surface area (Å²) >= 11 is 6.42. The zero-order chi connectivity index (χ0) is 19.4. The first kappa shape index (κ1) is 19.1. The number of carbonyl (C=O) groups excluding carboxylic acids is 2. The van der Waals surface area contributed by atoms with Crippen LogP contribution in [0.1, 0.15) is 28.4 Å². The van der Waals surface area contributed by atoms with Crippen molar-refractivity contribution in [3.8, 4) is 5.75 Å². The molecule has 3 rings (SSSR count). The molecule has 0 spiro atoms. The molecular weight excluding hydrogens is 380 g/mol. The summed E-state index contributed by atoms with van der Waals surface area (Å²) in [5.74, 6) is 0.00678. The molecule has 0 aromatic heterocycles. The summed E-state index contributed by atoms with van der Waals surface area (Å²) in [6.07, 6.45) is 1.74. The zero-order valence-electron chi connectivity index (χ0n) is 14.9. The lowest BCUT2D eigenvalue weighted by Crippen LogP contribution is -2.45. The third kappa shape index (κ3) is 4.37. The van der Waals surface area contributed by atoms with Crippen molar-refractivity contribution < 1.29 is 14.3 Å². The minimum atomic E-state index is -0.371. The number of hydrazine groups is 1. The van der Waals surface area contributed by atoms with E-state index in [1.54, 1.807) is 18.2 Å². The predicted molar refractivity (Wildman–Crippen MR) is 111 cm³/mol. The quantitative estimate of drug-likeness (QED) is 0.611. The second kappa shape index (κ2) is 8.37. The van der Waals surface area contributed by atoms with Gasteiger partial charge in [-0.05, 0) is 61.5 Å². The van der Waals surface area contributed by atoms with E-state index in [0.29, 0.717) is 17.1 Å². The van der Waals surface area contributed by atoms with E-state index in [-0.39, 0.29) is 16.1 Å². The number of rotatable bonds is 5. The molecule has 27 heavy (non-hydrogen) atoms. The smallest absolute Gasteiger partial charge is 0.285 e. The fraction of sp³-hybridized carbons (Fsp3) is 0.150. The molecule has 7 heteroatoms. The average Bonchev–Trinajstić information content (AvgIpc) is 2.90. The second-order valence-electron chi connectivity index (χ2n) is 5.78. The molecule has 0 radical (unpaired) electrons. The zero-order valence-corrected chi connectivity index (χ0v) is 16.5. The molecule has 1 N–H and O–H groups in total. The average molecular weight is 399 g/mol. The molecule has 2 amide bonds. The lowest BCUT2D eigenvalue weighted by molar-refractivity contribution is -0.123. The van der Waals surface area contributed by atoms with E-state index < -0.39 is 0 Å². The maximum Gasteiger partial charge on any atom is 0.285 e. The van der Waals surface area contributed by atoms with Gasteiger partial charge in [0.1, 0.15) is 5.75 Å². The molecule has 1 aliphatic heterocycles. The van der Waals surface area contributed by atoms with Gasteiger partial charge < -0.3 is 4.74 Å². The summed E-state index contributed by atoms with van der Waals surface area (Å²) in [6.45, 7) is 4.32. The maximum atomic E-state index is 12.7. The van der Waals surface area contributed by atoms with Crippen LogP contribution in [0.4, 0.5) is 0 Å². The van der Waals surface area contributed by atoms with Crippen molar-refractivity contribution in [2.75, 3.05) is 6.61 Å². The van der Waals surface area contributed by atoms with Crippen LogP contribution < -0.4 is 10.2 Å². The summed E-state index contributed by atoms with van der Waals surface area (Å²) in [7, 11) is 0. The minimum absolute atomic E-state index is 0.286. The van der Waals surface area contributed by atoms with E-state index in [0.717, 1.165) is 33.6 Å². The van der Waals surface area contributed by atoms with Crippen LogP contribution in [0.5, 0.6) is 5.75 Å². The third-order valence-corrected chi connectivity index (χ3v) is 5.17. The van der Waals surface area contributed by atoms with E-state index >= 15 is 0 Å². The van der Waals surface area contributed by atoms with Crippen LogP contribution in [0.2, 0.25) is 0 Å². The standard InChI is InChI=1S/C20H18N2O3S2/c1-3-25-15-9-6-8-14(11-15)12-17-19(24)22(20(26)27-17)21-18(23)16-10-5-4-7-13(16)2/h4-12H,3H2,1-2H3,(H,21,23)/b17-12+. The number of hydrogen-bond acceptors (Lipinski definition) is 5. The second-order valence-corrected chi connectivity index (χ2v) is 7.45. The topological polar surface area (TPSA) is 58.6 Å². The van der Waals surface area contributed by atoms with Crippen LogP contribution >= 0.6 is 24.0 Å². The number of amides is 2. The monoisotopic (exact) mass is 398 g/mol. The van der Waals surface area contributed by atoms with Gasteiger partial charge in [-0.3, -0.25) is 15.0 Å². The number of benzene rings is 2. The van der Waals surface area contributed by atoms with E-state index in [1.807, 2.05) is 50.2 Å². The van der Waals surface area contributed by atoms with Gasteiger partial charge in [0, 0.05) is 5.56 Å². The molecule has 1 heterocycles. The number of thioether (sulfide) groups is 1. The fourth-order valence-electron chi connectivity index (χ4n) is 2.57. The van der Waals surface area contributed by atoms with Gasteiger partial charge >= 0.3 is 0 Å². The Morgan fingerprint density at radius 3 is 2.78 bits per heavy atom. The van der Waals surface area contributed by atoms with Crippen LogP contribution in [0.3, 0.4) is 0 Å². The highest BCUT2D eigenvalue weighted by Gasteiger charge is 2.33. The third-order valence-electron chi connectivity index (χ3n) is 3.86. The molecule has 2 aromatic rings. The summed E-state index contributed by atoms with van der Waals surface area (Å²) in [6, 6.07) is 14.6. The molecule has 5 nitrogen and oxygen atoms in total. The van der Waals surface area contributed by atoms with Gasteiger partial charge in [0.2, 0.25) is 0 Å². The van der Waals surface area contributed by atoms with Crippen LogP contribution in [0.25, 0.3) is 6.08 Å². The highest BCUT2D eigenvalue weighted by atomic mass is 32.2. The van der Waals surface area contributed by atoms with Crippen molar-refractivity contribution >= 4 is 46.2 Å². The Labute approximate surface area is 167 Å². The molecule has 1 fully saturated rings. The molecular formula is C20H18N2O3S2. The Kier molecular flexibility index (Phi) is 5.93. The fourth-order valence-corrected chi connectivity index (χ4v) is 3.75. The molecule has 1 saturated heterocycles. The first-order valence-electron chi connectivity index (χ1n) is 8.37. The van der Waals surface area contributed by atoms with Gasteiger partial charge in [-0.1, -0.05) is 42.1 Å². The number of ether oxygens (including phenoxy) is 1. The molecule has 1 aliphatic rings. The van der Waals surface area contributed by atoms with E-state index in [9.17, 15) is 9.59 Å². The Bertz CT molecular complexity index is 940. The Morgan fingerprint density at radius 2 is 2.04 bits per heavy atom. The van der Waals surface area contributed by atoms with Crippen LogP contribution in [0.15, 0.2) is 53.4 Å². The van der Waals surface area contributed by atoms with Gasteiger partial charge in [0.05, 0.1) is 11.5 Å². The van der Waals surface area contributed by atoms with Crippen molar-refractivity contribution in [2.45, 2.75) is 13.8 Å².